The van der Waals surface area contributed by atoms with Crippen LogP contribution in [-0.4, -0.2) is 22.5 Å². The smallest absolute Gasteiger partial charge is 0.339 e. The highest BCUT2D eigenvalue weighted by atomic mass is 16.5. The molecule has 0 fully saturated rings. The van der Waals surface area contributed by atoms with Crippen molar-refractivity contribution in [1.82, 2.24) is 9.38 Å². The fourth-order valence-corrected chi connectivity index (χ4v) is 5.44. The van der Waals surface area contributed by atoms with Crippen LogP contribution in [0.25, 0.3) is 5.65 Å². The van der Waals surface area contributed by atoms with Gasteiger partial charge in [0, 0.05) is 18.4 Å². The van der Waals surface area contributed by atoms with Gasteiger partial charge in [-0.15, -0.1) is 0 Å². The van der Waals surface area contributed by atoms with Crippen molar-refractivity contribution in [3.8, 4) is 0 Å². The molecule has 0 aliphatic carbocycles. The number of ether oxygens (including phenoxy) is 1. The molecule has 0 saturated heterocycles. The molecule has 7 nitrogen and oxygen atoms in total. The maximum atomic E-state index is 14.2. The number of nitrogens with zero attached hydrogens (tertiary/aromatic N) is 3. The van der Waals surface area contributed by atoms with Crippen molar-refractivity contribution in [3.05, 3.63) is 142 Å². The lowest BCUT2D eigenvalue weighted by molar-refractivity contribution is -0.148. The molecule has 0 radical (unpaired) electrons. The average Bonchev–Trinajstić information content (AvgIpc) is 3.24. The van der Waals surface area contributed by atoms with Gasteiger partial charge in [0.2, 0.25) is 0 Å². The summed E-state index contributed by atoms with van der Waals surface area (Å²) in [4.78, 5) is 35.2. The van der Waals surface area contributed by atoms with E-state index in [0.29, 0.717) is 29.1 Å². The second kappa shape index (κ2) is 9.52. The van der Waals surface area contributed by atoms with Gasteiger partial charge in [0.05, 0.1) is 18.7 Å². The van der Waals surface area contributed by atoms with Crippen molar-refractivity contribution < 1.29 is 9.53 Å². The Kier molecular flexibility index (Phi) is 5.88. The molecular weight excluding hydrogens is 476 g/mol. The second-order valence-corrected chi connectivity index (χ2v) is 9.22. The Labute approximate surface area is 220 Å². The molecule has 0 unspecified atom stereocenters. The van der Waals surface area contributed by atoms with Crippen LogP contribution >= 0.6 is 0 Å². The molecule has 38 heavy (non-hydrogen) atoms. The lowest BCUT2D eigenvalue weighted by Gasteiger charge is -2.41. The largest absolute Gasteiger partial charge is 0.467 e. The van der Waals surface area contributed by atoms with Crippen LogP contribution in [-0.2, 0) is 21.6 Å². The summed E-state index contributed by atoms with van der Waals surface area (Å²) in [6.07, 6.45) is 1.70. The monoisotopic (exact) mass is 502 g/mol. The molecule has 1 N–H and O–H groups in total. The molecule has 0 spiro atoms. The topological polar surface area (TPSA) is 75.9 Å². The van der Waals surface area contributed by atoms with Gasteiger partial charge in [-0.25, -0.2) is 9.78 Å². The van der Waals surface area contributed by atoms with Crippen LogP contribution in [0.15, 0.2) is 120 Å². The van der Waals surface area contributed by atoms with E-state index in [1.807, 2.05) is 102 Å². The standard InChI is InChI=1S/C31H26N4O3/c1-38-30(37)31(23-15-7-3-8-16-23)27(32-24-17-9-4-10-18-24)26-28(35(31)21-22-13-5-2-6-14-22)33-25-19-11-12-20-34(25)29(26)36/h2-20,27,32H,21H2,1H3/t27-,31+/m1/s1. The fraction of sp³-hybridized carbons (Fsp3) is 0.129. The Morgan fingerprint density at radius 1 is 0.895 bits per heavy atom. The summed E-state index contributed by atoms with van der Waals surface area (Å²) in [6.45, 7) is 0.334. The summed E-state index contributed by atoms with van der Waals surface area (Å²) in [5.74, 6) is -0.0349. The summed E-state index contributed by atoms with van der Waals surface area (Å²) >= 11 is 0. The number of carbonyl (C=O) groups is 1. The Morgan fingerprint density at radius 2 is 1.53 bits per heavy atom. The Morgan fingerprint density at radius 3 is 2.21 bits per heavy atom. The highest BCUT2D eigenvalue weighted by molar-refractivity contribution is 5.92. The van der Waals surface area contributed by atoms with Crippen molar-refractivity contribution >= 4 is 23.1 Å². The number of para-hydroxylation sites is 1. The lowest BCUT2D eigenvalue weighted by Crippen LogP contribution is -2.54. The second-order valence-electron chi connectivity index (χ2n) is 9.22. The number of hydrogen-bond donors (Lipinski definition) is 1. The number of rotatable bonds is 6. The molecule has 6 rings (SSSR count). The zero-order chi connectivity index (χ0) is 26.1. The Bertz CT molecular complexity index is 1660. The number of nitrogens with one attached hydrogen (secondary N) is 1. The van der Waals surface area contributed by atoms with Crippen LogP contribution in [0.4, 0.5) is 11.5 Å². The van der Waals surface area contributed by atoms with Gasteiger partial charge in [-0.1, -0.05) is 84.9 Å². The van der Waals surface area contributed by atoms with E-state index < -0.39 is 17.6 Å². The highest BCUT2D eigenvalue weighted by Crippen LogP contribution is 2.53. The summed E-state index contributed by atoms with van der Waals surface area (Å²) in [6, 6.07) is 33.5. The van der Waals surface area contributed by atoms with Crippen LogP contribution in [0, 0.1) is 0 Å². The molecule has 3 aromatic carbocycles. The van der Waals surface area contributed by atoms with Crippen LogP contribution in [0.3, 0.4) is 0 Å². The zero-order valence-corrected chi connectivity index (χ0v) is 20.8. The third-order valence-corrected chi connectivity index (χ3v) is 7.12. The van der Waals surface area contributed by atoms with Crippen molar-refractivity contribution in [1.29, 1.82) is 0 Å². The minimum absolute atomic E-state index is 0.237. The molecule has 0 saturated carbocycles. The molecular formula is C31H26N4O3. The maximum Gasteiger partial charge on any atom is 0.339 e. The first kappa shape index (κ1) is 23.5. The summed E-state index contributed by atoms with van der Waals surface area (Å²) in [5, 5.41) is 3.53. The maximum absolute atomic E-state index is 14.2. The number of esters is 1. The molecule has 1 aliphatic rings. The third-order valence-electron chi connectivity index (χ3n) is 7.12. The van der Waals surface area contributed by atoms with Gasteiger partial charge in [-0.05, 0) is 35.4 Å². The van der Waals surface area contributed by atoms with Gasteiger partial charge >= 0.3 is 5.97 Å². The van der Waals surface area contributed by atoms with E-state index in [0.717, 1.165) is 11.3 Å². The predicted molar refractivity (Wildman–Crippen MR) is 147 cm³/mol. The summed E-state index contributed by atoms with van der Waals surface area (Å²) in [7, 11) is 1.38. The molecule has 3 heterocycles. The van der Waals surface area contributed by atoms with E-state index in [4.69, 9.17) is 9.72 Å². The van der Waals surface area contributed by atoms with Crippen LogP contribution < -0.4 is 15.8 Å². The van der Waals surface area contributed by atoms with Gasteiger partial charge in [0.1, 0.15) is 11.5 Å². The minimum Gasteiger partial charge on any atom is -0.467 e. The Hall–Kier alpha value is -4.91. The predicted octanol–water partition coefficient (Wildman–Crippen LogP) is 4.94. The van der Waals surface area contributed by atoms with E-state index in [-0.39, 0.29) is 5.56 Å². The van der Waals surface area contributed by atoms with Crippen molar-refractivity contribution in [2.24, 2.45) is 0 Å². The van der Waals surface area contributed by atoms with Gasteiger partial charge in [0.15, 0.2) is 5.54 Å². The number of anilines is 2. The molecule has 1 aliphatic heterocycles. The van der Waals surface area contributed by atoms with Crippen LogP contribution in [0.1, 0.15) is 22.7 Å². The molecule has 7 heteroatoms. The van der Waals surface area contributed by atoms with Crippen molar-refractivity contribution in [2.45, 2.75) is 18.1 Å². The van der Waals surface area contributed by atoms with Crippen molar-refractivity contribution in [3.63, 3.8) is 0 Å². The number of carbonyl (C=O) groups excluding carboxylic acids is 1. The van der Waals surface area contributed by atoms with Gasteiger partial charge in [0.25, 0.3) is 5.56 Å². The minimum atomic E-state index is -1.42. The first-order valence-electron chi connectivity index (χ1n) is 12.4. The normalized spacial score (nSPS) is 18.2. The molecule has 0 amide bonds. The van der Waals surface area contributed by atoms with Crippen LogP contribution in [0.2, 0.25) is 0 Å². The Balaban J connectivity index is 1.71. The average molecular weight is 503 g/mol. The number of aromatic nitrogens is 2. The van der Waals surface area contributed by atoms with Gasteiger partial charge in [-0.2, -0.15) is 0 Å². The van der Waals surface area contributed by atoms with Gasteiger partial charge < -0.3 is 15.0 Å². The number of pyridine rings is 1. The van der Waals surface area contributed by atoms with Crippen LogP contribution in [0.5, 0.6) is 0 Å². The molecule has 2 aromatic heterocycles. The van der Waals surface area contributed by atoms with E-state index >= 15 is 0 Å². The molecule has 188 valence electrons. The highest BCUT2D eigenvalue weighted by Gasteiger charge is 2.61. The number of hydrogen-bond acceptors (Lipinski definition) is 6. The summed E-state index contributed by atoms with van der Waals surface area (Å²) in [5.41, 5.74) is 1.68. The van der Waals surface area contributed by atoms with E-state index in [1.165, 1.54) is 11.5 Å². The quantitative estimate of drug-likeness (QED) is 0.332. The first-order chi connectivity index (χ1) is 18.6. The van der Waals surface area contributed by atoms with E-state index in [9.17, 15) is 9.59 Å². The molecule has 5 aromatic rings. The number of fused-ring (bicyclic) bond motifs is 2. The third kappa shape index (κ3) is 3.63. The summed E-state index contributed by atoms with van der Waals surface area (Å²) < 4.78 is 7.06. The van der Waals surface area contributed by atoms with Gasteiger partial charge in [-0.3, -0.25) is 9.20 Å². The first-order valence-corrected chi connectivity index (χ1v) is 12.4. The number of methoxy groups -OCH3 is 1. The molecule has 2 atom stereocenters. The zero-order valence-electron chi connectivity index (χ0n) is 20.8. The fourth-order valence-electron chi connectivity index (χ4n) is 5.44. The SMILES string of the molecule is COC(=O)[C@]1(c2ccccc2)[C@H](Nc2ccccc2)c2c(nc3ccccn3c2=O)N1Cc1ccccc1. The van der Waals surface area contributed by atoms with E-state index in [2.05, 4.69) is 5.32 Å². The lowest BCUT2D eigenvalue weighted by atomic mass is 9.81. The molecule has 0 bridgehead atoms. The van der Waals surface area contributed by atoms with E-state index in [1.54, 1.807) is 18.3 Å². The number of benzene rings is 3. The van der Waals surface area contributed by atoms with Crippen molar-refractivity contribution in [2.75, 3.05) is 17.3 Å².